The van der Waals surface area contributed by atoms with Crippen LogP contribution in [0.2, 0.25) is 0 Å². The molecule has 0 bridgehead atoms. The van der Waals surface area contributed by atoms with Crippen LogP contribution in [0.15, 0.2) is 60.0 Å². The van der Waals surface area contributed by atoms with Crippen LogP contribution < -0.4 is 11.5 Å². The molecule has 0 radical (unpaired) electrons. The third-order valence-corrected chi connectivity index (χ3v) is 7.49. The number of rotatable bonds is 11. The quantitative estimate of drug-likeness (QED) is 0.344. The van der Waals surface area contributed by atoms with E-state index in [1.807, 2.05) is 17.5 Å². The van der Waals surface area contributed by atoms with Gasteiger partial charge < -0.3 is 26.4 Å². The summed E-state index contributed by atoms with van der Waals surface area (Å²) in [6, 6.07) is 11.5. The van der Waals surface area contributed by atoms with E-state index >= 15 is 0 Å². The second kappa shape index (κ2) is 12.7. The van der Waals surface area contributed by atoms with Crippen molar-refractivity contribution in [3.8, 4) is 5.75 Å². The van der Waals surface area contributed by atoms with Gasteiger partial charge in [0.05, 0.1) is 6.04 Å². The highest BCUT2D eigenvalue weighted by atomic mass is 32.1. The first-order valence-corrected chi connectivity index (χ1v) is 13.0. The number of primary amides is 1. The van der Waals surface area contributed by atoms with Gasteiger partial charge in [-0.1, -0.05) is 30.3 Å². The molecule has 3 atom stereocenters. The van der Waals surface area contributed by atoms with Gasteiger partial charge in [-0.05, 0) is 59.7 Å². The largest absolute Gasteiger partial charge is 0.508 e. The molecular weight excluding hydrogens is 507 g/mol. The number of hydrogen-bond donors (Lipinski definition) is 3. The third kappa shape index (κ3) is 7.17. The number of aromatic hydroxyl groups is 1. The maximum atomic E-state index is 13.8. The second-order valence-corrected chi connectivity index (χ2v) is 10.4. The van der Waals surface area contributed by atoms with Gasteiger partial charge in [0.25, 0.3) is 0 Å². The molecule has 1 aromatic heterocycles. The molecule has 0 fully saturated rings. The Labute approximate surface area is 225 Å². The lowest BCUT2D eigenvalue weighted by molar-refractivity contribution is -0.147. The molecule has 38 heavy (non-hydrogen) atoms. The van der Waals surface area contributed by atoms with Gasteiger partial charge in [0.1, 0.15) is 23.7 Å². The Morgan fingerprint density at radius 1 is 0.921 bits per heavy atom. The molecule has 8 nitrogen and oxygen atoms in total. The zero-order valence-electron chi connectivity index (χ0n) is 21.6. The summed E-state index contributed by atoms with van der Waals surface area (Å²) in [5.41, 5.74) is 14.0. The molecule has 0 saturated carbocycles. The Bertz CT molecular complexity index is 1270. The monoisotopic (exact) mass is 540 g/mol. The van der Waals surface area contributed by atoms with Crippen molar-refractivity contribution >= 4 is 29.1 Å². The lowest BCUT2D eigenvalue weighted by Crippen LogP contribution is -2.57. The van der Waals surface area contributed by atoms with E-state index in [-0.39, 0.29) is 30.8 Å². The first kappa shape index (κ1) is 28.8. The molecule has 0 aliphatic rings. The summed E-state index contributed by atoms with van der Waals surface area (Å²) in [7, 11) is 3.00. The topological polar surface area (TPSA) is 130 Å². The van der Waals surface area contributed by atoms with Crippen molar-refractivity contribution in [2.24, 2.45) is 11.5 Å². The average molecular weight is 541 g/mol. The van der Waals surface area contributed by atoms with E-state index in [4.69, 9.17) is 11.5 Å². The Hall–Kier alpha value is -3.76. The molecule has 202 valence electrons. The molecule has 0 spiro atoms. The van der Waals surface area contributed by atoms with E-state index in [0.717, 1.165) is 10.4 Å². The predicted molar refractivity (Wildman–Crippen MR) is 145 cm³/mol. The van der Waals surface area contributed by atoms with Crippen molar-refractivity contribution in [1.82, 2.24) is 9.80 Å². The highest BCUT2D eigenvalue weighted by molar-refractivity contribution is 7.09. The fourth-order valence-electron chi connectivity index (χ4n) is 4.27. The fraction of sp³-hybridized carbons (Fsp3) is 0.321. The molecule has 0 saturated heterocycles. The smallest absolute Gasteiger partial charge is 0.246 e. The van der Waals surface area contributed by atoms with Gasteiger partial charge in [-0.3, -0.25) is 14.4 Å². The molecule has 0 aliphatic heterocycles. The summed E-state index contributed by atoms with van der Waals surface area (Å²) in [6.45, 7) is 1.74. The fourth-order valence-corrected chi connectivity index (χ4v) is 5.01. The van der Waals surface area contributed by atoms with Gasteiger partial charge in [0.15, 0.2) is 0 Å². The standard InChI is InChI=1S/C28H33FN4O4S/c1-17-13-19(8-11-25(17)34)15-23(26(31)35)32(2)28(37)24(16-21-5-4-12-38-21)33(3)27(36)22(30)14-18-6-9-20(29)10-7-18/h4-13,22-24,34H,14-16,30H2,1-3H3,(H2,31,35)/t22-,23-,24-/m0/s1. The molecule has 0 unspecified atom stereocenters. The van der Waals surface area contributed by atoms with Crippen LogP contribution >= 0.6 is 11.3 Å². The maximum Gasteiger partial charge on any atom is 0.246 e. The van der Waals surface area contributed by atoms with Crippen molar-refractivity contribution in [2.75, 3.05) is 14.1 Å². The molecule has 3 rings (SSSR count). The number of benzene rings is 2. The maximum absolute atomic E-state index is 13.8. The molecule has 10 heteroatoms. The Kier molecular flexibility index (Phi) is 9.60. The van der Waals surface area contributed by atoms with Crippen LogP contribution in [0.25, 0.3) is 0 Å². The number of hydrogen-bond acceptors (Lipinski definition) is 6. The van der Waals surface area contributed by atoms with Crippen LogP contribution in [0.3, 0.4) is 0 Å². The van der Waals surface area contributed by atoms with Crippen molar-refractivity contribution in [2.45, 2.75) is 44.3 Å². The number of nitrogens with zero attached hydrogens (tertiary/aromatic N) is 2. The molecule has 5 N–H and O–H groups in total. The Morgan fingerprint density at radius 2 is 1.55 bits per heavy atom. The van der Waals surface area contributed by atoms with E-state index in [0.29, 0.717) is 11.1 Å². The minimum absolute atomic E-state index is 0.127. The zero-order chi connectivity index (χ0) is 28.0. The summed E-state index contributed by atoms with van der Waals surface area (Å²) in [5.74, 6) is -1.86. The minimum Gasteiger partial charge on any atom is -0.508 e. The van der Waals surface area contributed by atoms with Gasteiger partial charge >= 0.3 is 0 Å². The Morgan fingerprint density at radius 3 is 2.13 bits per heavy atom. The SMILES string of the molecule is Cc1cc(C[C@@H](C(N)=O)N(C)C(=O)[C@H](Cc2cccs2)N(C)C(=O)[C@@H](N)Cc2ccc(F)cc2)ccc1O. The summed E-state index contributed by atoms with van der Waals surface area (Å²) < 4.78 is 13.3. The minimum atomic E-state index is -0.978. The number of phenolic OH excluding ortho intramolecular Hbond substituents is 1. The summed E-state index contributed by atoms with van der Waals surface area (Å²) in [4.78, 5) is 43.0. The zero-order valence-corrected chi connectivity index (χ0v) is 22.5. The van der Waals surface area contributed by atoms with Crippen molar-refractivity contribution < 1.29 is 23.9 Å². The number of likely N-dealkylation sites (N-methyl/N-ethyl adjacent to an activating group) is 2. The van der Waals surface area contributed by atoms with E-state index < -0.39 is 35.8 Å². The molecule has 3 aromatic rings. The van der Waals surface area contributed by atoms with Crippen LogP contribution in [0, 0.1) is 12.7 Å². The van der Waals surface area contributed by atoms with Crippen molar-refractivity contribution in [3.05, 3.63) is 87.4 Å². The first-order valence-electron chi connectivity index (χ1n) is 12.1. The number of halogens is 1. The van der Waals surface area contributed by atoms with E-state index in [1.165, 1.54) is 53.4 Å². The summed E-state index contributed by atoms with van der Waals surface area (Å²) >= 11 is 1.45. The number of thiophene rings is 1. The molecule has 1 heterocycles. The lowest BCUT2D eigenvalue weighted by Gasteiger charge is -2.34. The number of carbonyl (C=O) groups is 3. The van der Waals surface area contributed by atoms with E-state index in [9.17, 15) is 23.9 Å². The van der Waals surface area contributed by atoms with Crippen LogP contribution in [-0.4, -0.2) is 64.8 Å². The summed E-state index contributed by atoms with van der Waals surface area (Å²) in [5, 5.41) is 11.7. The first-order chi connectivity index (χ1) is 18.0. The number of aryl methyl sites for hydroxylation is 1. The van der Waals surface area contributed by atoms with Gasteiger partial charge in [-0.2, -0.15) is 0 Å². The summed E-state index contributed by atoms with van der Waals surface area (Å²) in [6.07, 6.45) is 0.547. The highest BCUT2D eigenvalue weighted by Gasteiger charge is 2.36. The van der Waals surface area contributed by atoms with E-state index in [1.54, 1.807) is 31.2 Å². The highest BCUT2D eigenvalue weighted by Crippen LogP contribution is 2.21. The van der Waals surface area contributed by atoms with E-state index in [2.05, 4.69) is 0 Å². The normalized spacial score (nSPS) is 13.4. The van der Waals surface area contributed by atoms with Gasteiger partial charge in [-0.25, -0.2) is 4.39 Å². The number of amides is 3. The van der Waals surface area contributed by atoms with Crippen LogP contribution in [-0.2, 0) is 33.6 Å². The molecule has 3 amide bonds. The number of carbonyl (C=O) groups excluding carboxylic acids is 3. The molecular formula is C28H33FN4O4S. The second-order valence-electron chi connectivity index (χ2n) is 9.38. The number of nitrogens with two attached hydrogens (primary N) is 2. The van der Waals surface area contributed by atoms with Gasteiger partial charge in [0, 0.05) is 31.8 Å². The van der Waals surface area contributed by atoms with Crippen LogP contribution in [0.1, 0.15) is 21.6 Å². The molecule has 0 aliphatic carbocycles. The average Bonchev–Trinajstić information content (AvgIpc) is 3.40. The third-order valence-electron chi connectivity index (χ3n) is 6.59. The van der Waals surface area contributed by atoms with Crippen molar-refractivity contribution in [3.63, 3.8) is 0 Å². The lowest BCUT2D eigenvalue weighted by atomic mass is 10.00. The van der Waals surface area contributed by atoms with Crippen LogP contribution in [0.5, 0.6) is 5.75 Å². The Balaban J connectivity index is 1.83. The van der Waals surface area contributed by atoms with Gasteiger partial charge in [0.2, 0.25) is 17.7 Å². The number of phenols is 1. The van der Waals surface area contributed by atoms with Gasteiger partial charge in [-0.15, -0.1) is 11.3 Å². The van der Waals surface area contributed by atoms with Crippen LogP contribution in [0.4, 0.5) is 4.39 Å². The molecule has 2 aromatic carbocycles. The predicted octanol–water partition coefficient (Wildman–Crippen LogP) is 2.40. The van der Waals surface area contributed by atoms with Crippen molar-refractivity contribution in [1.29, 1.82) is 0 Å².